The van der Waals surface area contributed by atoms with Gasteiger partial charge in [0.2, 0.25) is 0 Å². The molecule has 0 bridgehead atoms. The third kappa shape index (κ3) is 2.57. The van der Waals surface area contributed by atoms with Crippen LogP contribution in [0.1, 0.15) is 34.6 Å². The average Bonchev–Trinajstić information content (AvgIpc) is 2.20. The minimum atomic E-state index is -0.136. The number of halogens is 1. The number of benzene rings is 1. The lowest BCUT2D eigenvalue weighted by atomic mass is 10.1. The van der Waals surface area contributed by atoms with Crippen molar-refractivity contribution >= 4 is 23.7 Å². The Morgan fingerprint density at radius 3 is 2.67 bits per heavy atom. The van der Waals surface area contributed by atoms with Gasteiger partial charge < -0.3 is 4.74 Å². The third-order valence-corrected chi connectivity index (χ3v) is 2.18. The van der Waals surface area contributed by atoms with Crippen molar-refractivity contribution in [2.24, 2.45) is 0 Å². The molecule has 1 aromatic carbocycles. The lowest BCUT2D eigenvalue weighted by Crippen LogP contribution is -2.00. The standard InChI is InChI=1S/C11H11ClO3/c1-3-15-11-9(6-13)4-8(7(2)14)5-10(11)12/h4-6H,3H2,1-2H3. The smallest absolute Gasteiger partial charge is 0.159 e. The van der Waals surface area contributed by atoms with E-state index in [1.807, 2.05) is 0 Å². The molecule has 0 aliphatic heterocycles. The molecule has 0 saturated heterocycles. The van der Waals surface area contributed by atoms with E-state index in [2.05, 4.69) is 0 Å². The highest BCUT2D eigenvalue weighted by Gasteiger charge is 2.12. The van der Waals surface area contributed by atoms with E-state index in [1.165, 1.54) is 19.1 Å². The van der Waals surface area contributed by atoms with E-state index < -0.39 is 0 Å². The zero-order chi connectivity index (χ0) is 11.4. The molecule has 0 aliphatic rings. The highest BCUT2D eigenvalue weighted by molar-refractivity contribution is 6.33. The number of hydrogen-bond donors (Lipinski definition) is 0. The van der Waals surface area contributed by atoms with E-state index in [0.29, 0.717) is 29.8 Å². The van der Waals surface area contributed by atoms with Gasteiger partial charge in [0, 0.05) is 5.56 Å². The number of aldehydes is 1. The zero-order valence-electron chi connectivity index (χ0n) is 8.54. The van der Waals surface area contributed by atoms with E-state index >= 15 is 0 Å². The maximum atomic E-state index is 11.1. The van der Waals surface area contributed by atoms with Crippen LogP contribution in [0.25, 0.3) is 0 Å². The van der Waals surface area contributed by atoms with Crippen molar-refractivity contribution in [3.05, 3.63) is 28.3 Å². The summed E-state index contributed by atoms with van der Waals surface area (Å²) in [6.45, 7) is 3.63. The van der Waals surface area contributed by atoms with Crippen molar-refractivity contribution in [2.45, 2.75) is 13.8 Å². The SMILES string of the molecule is CCOc1c(Cl)cc(C(C)=O)cc1C=O. The topological polar surface area (TPSA) is 43.4 Å². The van der Waals surface area contributed by atoms with Gasteiger partial charge in [-0.2, -0.15) is 0 Å². The fraction of sp³-hybridized carbons (Fsp3) is 0.273. The number of Topliss-reactive ketones (excluding diaryl/α,β-unsaturated/α-hetero) is 1. The minimum Gasteiger partial charge on any atom is -0.492 e. The van der Waals surface area contributed by atoms with Crippen LogP contribution in [-0.4, -0.2) is 18.7 Å². The summed E-state index contributed by atoms with van der Waals surface area (Å²) in [6.07, 6.45) is 0.628. The lowest BCUT2D eigenvalue weighted by Gasteiger charge is -2.09. The summed E-state index contributed by atoms with van der Waals surface area (Å²) in [7, 11) is 0. The molecule has 0 radical (unpaired) electrons. The Balaban J connectivity index is 3.30. The first-order chi connectivity index (χ1) is 7.10. The molecule has 0 fully saturated rings. The van der Waals surface area contributed by atoms with Gasteiger partial charge in [0.05, 0.1) is 17.2 Å². The molecule has 0 aromatic heterocycles. The van der Waals surface area contributed by atoms with Crippen LogP contribution in [0.4, 0.5) is 0 Å². The number of hydrogen-bond acceptors (Lipinski definition) is 3. The Hall–Kier alpha value is -1.35. The van der Waals surface area contributed by atoms with Gasteiger partial charge in [-0.3, -0.25) is 9.59 Å². The highest BCUT2D eigenvalue weighted by atomic mass is 35.5. The number of carbonyl (C=O) groups excluding carboxylic acids is 2. The number of rotatable bonds is 4. The molecular formula is C11H11ClO3. The van der Waals surface area contributed by atoms with E-state index in [-0.39, 0.29) is 10.8 Å². The second-order valence-corrected chi connectivity index (χ2v) is 3.39. The fourth-order valence-electron chi connectivity index (χ4n) is 1.20. The first-order valence-corrected chi connectivity index (χ1v) is 4.90. The first-order valence-electron chi connectivity index (χ1n) is 4.52. The van der Waals surface area contributed by atoms with Crippen LogP contribution in [0.15, 0.2) is 12.1 Å². The molecule has 3 nitrogen and oxygen atoms in total. The maximum Gasteiger partial charge on any atom is 0.159 e. The van der Waals surface area contributed by atoms with Crippen LogP contribution in [0.5, 0.6) is 5.75 Å². The lowest BCUT2D eigenvalue weighted by molar-refractivity contribution is 0.101. The van der Waals surface area contributed by atoms with Crippen molar-refractivity contribution in [3.63, 3.8) is 0 Å². The van der Waals surface area contributed by atoms with E-state index in [4.69, 9.17) is 16.3 Å². The van der Waals surface area contributed by atoms with Crippen LogP contribution in [0.3, 0.4) is 0 Å². The molecule has 1 aromatic rings. The molecule has 0 amide bonds. The van der Waals surface area contributed by atoms with Gasteiger partial charge in [-0.25, -0.2) is 0 Å². The van der Waals surface area contributed by atoms with Gasteiger partial charge in [-0.15, -0.1) is 0 Å². The summed E-state index contributed by atoms with van der Waals surface area (Å²) in [5.74, 6) is 0.196. The first kappa shape index (κ1) is 11.7. The Bertz CT molecular complexity index is 399. The minimum absolute atomic E-state index is 0.136. The summed E-state index contributed by atoms with van der Waals surface area (Å²) in [6, 6.07) is 2.98. The molecule has 15 heavy (non-hydrogen) atoms. The van der Waals surface area contributed by atoms with Crippen molar-refractivity contribution in [2.75, 3.05) is 6.61 Å². The van der Waals surface area contributed by atoms with Crippen LogP contribution in [0, 0.1) is 0 Å². The molecule has 80 valence electrons. The molecule has 0 N–H and O–H groups in total. The molecule has 1 rings (SSSR count). The Kier molecular flexibility index (Phi) is 3.86. The second kappa shape index (κ2) is 4.94. The van der Waals surface area contributed by atoms with Gasteiger partial charge in [0.1, 0.15) is 5.75 Å². The Morgan fingerprint density at radius 2 is 2.20 bits per heavy atom. The number of ether oxygens (including phenoxy) is 1. The molecule has 0 aliphatic carbocycles. The summed E-state index contributed by atoms with van der Waals surface area (Å²) in [5, 5.41) is 0.284. The predicted octanol–water partition coefficient (Wildman–Crippen LogP) is 2.75. The largest absolute Gasteiger partial charge is 0.492 e. The van der Waals surface area contributed by atoms with Gasteiger partial charge in [-0.05, 0) is 26.0 Å². The molecular weight excluding hydrogens is 216 g/mol. The van der Waals surface area contributed by atoms with Gasteiger partial charge in [0.15, 0.2) is 12.1 Å². The molecule has 0 unspecified atom stereocenters. The normalized spacial score (nSPS) is 9.80. The molecule has 0 atom stereocenters. The number of carbonyl (C=O) groups is 2. The molecule has 0 saturated carbocycles. The maximum absolute atomic E-state index is 11.1. The van der Waals surface area contributed by atoms with Crippen LogP contribution in [-0.2, 0) is 0 Å². The predicted molar refractivity (Wildman–Crippen MR) is 58.0 cm³/mol. The van der Waals surface area contributed by atoms with Gasteiger partial charge in [0.25, 0.3) is 0 Å². The van der Waals surface area contributed by atoms with Crippen molar-refractivity contribution in [1.82, 2.24) is 0 Å². The van der Waals surface area contributed by atoms with E-state index in [0.717, 1.165) is 0 Å². The Morgan fingerprint density at radius 1 is 1.53 bits per heavy atom. The summed E-state index contributed by atoms with van der Waals surface area (Å²) < 4.78 is 5.22. The van der Waals surface area contributed by atoms with Crippen molar-refractivity contribution < 1.29 is 14.3 Å². The van der Waals surface area contributed by atoms with E-state index in [1.54, 1.807) is 6.92 Å². The summed E-state index contributed by atoms with van der Waals surface area (Å²) >= 11 is 5.90. The highest BCUT2D eigenvalue weighted by Crippen LogP contribution is 2.29. The van der Waals surface area contributed by atoms with Crippen LogP contribution < -0.4 is 4.74 Å². The zero-order valence-corrected chi connectivity index (χ0v) is 9.30. The fourth-order valence-corrected chi connectivity index (χ4v) is 1.48. The van der Waals surface area contributed by atoms with Crippen molar-refractivity contribution in [1.29, 1.82) is 0 Å². The molecule has 4 heteroatoms. The van der Waals surface area contributed by atoms with Gasteiger partial charge in [-0.1, -0.05) is 11.6 Å². The number of ketones is 1. The van der Waals surface area contributed by atoms with E-state index in [9.17, 15) is 9.59 Å². The monoisotopic (exact) mass is 226 g/mol. The van der Waals surface area contributed by atoms with Crippen LogP contribution in [0.2, 0.25) is 5.02 Å². The molecule has 0 spiro atoms. The average molecular weight is 227 g/mol. The van der Waals surface area contributed by atoms with Gasteiger partial charge >= 0.3 is 0 Å². The summed E-state index contributed by atoms with van der Waals surface area (Å²) in [5.41, 5.74) is 0.708. The molecule has 0 heterocycles. The third-order valence-electron chi connectivity index (χ3n) is 1.89. The second-order valence-electron chi connectivity index (χ2n) is 2.98. The van der Waals surface area contributed by atoms with Crippen molar-refractivity contribution in [3.8, 4) is 5.75 Å². The summed E-state index contributed by atoms with van der Waals surface area (Å²) in [4.78, 5) is 21.9. The quantitative estimate of drug-likeness (QED) is 0.586. The van der Waals surface area contributed by atoms with Crippen LogP contribution >= 0.6 is 11.6 Å². The Labute approximate surface area is 93.0 Å².